The third-order valence-corrected chi connectivity index (χ3v) is 5.10. The highest BCUT2D eigenvalue weighted by molar-refractivity contribution is 5.94. The molecule has 2 aliphatic rings. The largest absolute Gasteiger partial charge is 0.369 e. The van der Waals surface area contributed by atoms with E-state index in [0.717, 1.165) is 30.6 Å². The SMILES string of the molecule is Cc1ccc2c(c1)CCN(C(=O)c1n[nH]c3c1C[C@@H](C)O[C@H]3C)C2. The number of aromatic amines is 1. The first-order valence-electron chi connectivity index (χ1n) is 8.63. The van der Waals surface area contributed by atoms with E-state index in [9.17, 15) is 4.79 Å². The maximum Gasteiger partial charge on any atom is 0.274 e. The van der Waals surface area contributed by atoms with Crippen molar-refractivity contribution in [1.29, 1.82) is 0 Å². The van der Waals surface area contributed by atoms with Crippen molar-refractivity contribution in [2.75, 3.05) is 6.54 Å². The van der Waals surface area contributed by atoms with Gasteiger partial charge in [0.1, 0.15) is 0 Å². The third-order valence-electron chi connectivity index (χ3n) is 5.10. The number of benzene rings is 1. The van der Waals surface area contributed by atoms with Crippen molar-refractivity contribution in [3.8, 4) is 0 Å². The highest BCUT2D eigenvalue weighted by Gasteiger charge is 2.32. The van der Waals surface area contributed by atoms with Crippen LogP contribution in [0.4, 0.5) is 0 Å². The van der Waals surface area contributed by atoms with Gasteiger partial charge in [0.2, 0.25) is 0 Å². The van der Waals surface area contributed by atoms with Crippen molar-refractivity contribution < 1.29 is 9.53 Å². The zero-order valence-corrected chi connectivity index (χ0v) is 14.4. The zero-order chi connectivity index (χ0) is 16.8. The van der Waals surface area contributed by atoms with Gasteiger partial charge in [-0.1, -0.05) is 23.8 Å². The van der Waals surface area contributed by atoms with E-state index in [0.29, 0.717) is 12.2 Å². The number of carbonyl (C=O) groups excluding carboxylic acids is 1. The molecular formula is C19H23N3O2. The summed E-state index contributed by atoms with van der Waals surface area (Å²) in [5, 5.41) is 7.35. The Morgan fingerprint density at radius 3 is 3.00 bits per heavy atom. The minimum absolute atomic E-state index is 0.0278. The molecular weight excluding hydrogens is 302 g/mol. The lowest BCUT2D eigenvalue weighted by atomic mass is 9.96. The number of nitrogens with one attached hydrogen (secondary N) is 1. The molecule has 0 radical (unpaired) electrons. The molecule has 1 amide bonds. The normalized spacial score (nSPS) is 22.9. The van der Waals surface area contributed by atoms with E-state index >= 15 is 0 Å². The van der Waals surface area contributed by atoms with Gasteiger partial charge in [-0.2, -0.15) is 5.10 Å². The van der Waals surface area contributed by atoms with Crippen LogP contribution in [0.3, 0.4) is 0 Å². The Morgan fingerprint density at radius 2 is 2.17 bits per heavy atom. The second-order valence-electron chi connectivity index (χ2n) is 7.01. The van der Waals surface area contributed by atoms with Crippen molar-refractivity contribution in [2.45, 2.75) is 52.4 Å². The van der Waals surface area contributed by atoms with E-state index in [1.165, 1.54) is 16.7 Å². The van der Waals surface area contributed by atoms with Gasteiger partial charge in [0.15, 0.2) is 5.69 Å². The molecule has 126 valence electrons. The molecule has 0 spiro atoms. The van der Waals surface area contributed by atoms with Crippen LogP contribution in [0.25, 0.3) is 0 Å². The molecule has 5 nitrogen and oxygen atoms in total. The van der Waals surface area contributed by atoms with Gasteiger partial charge >= 0.3 is 0 Å². The molecule has 0 aliphatic carbocycles. The molecule has 0 bridgehead atoms. The Labute approximate surface area is 142 Å². The van der Waals surface area contributed by atoms with E-state index < -0.39 is 0 Å². The molecule has 4 rings (SSSR count). The molecule has 5 heteroatoms. The molecule has 2 aliphatic heterocycles. The van der Waals surface area contributed by atoms with Crippen molar-refractivity contribution in [2.24, 2.45) is 0 Å². The maximum atomic E-state index is 13.0. The smallest absolute Gasteiger partial charge is 0.274 e. The molecule has 0 fully saturated rings. The van der Waals surface area contributed by atoms with Crippen molar-refractivity contribution in [1.82, 2.24) is 15.1 Å². The number of fused-ring (bicyclic) bond motifs is 2. The van der Waals surface area contributed by atoms with E-state index in [1.54, 1.807) is 0 Å². The predicted octanol–water partition coefficient (Wildman–Crippen LogP) is 2.94. The van der Waals surface area contributed by atoms with Crippen LogP contribution in [0.15, 0.2) is 18.2 Å². The Morgan fingerprint density at radius 1 is 1.33 bits per heavy atom. The number of hydrogen-bond acceptors (Lipinski definition) is 3. The highest BCUT2D eigenvalue weighted by atomic mass is 16.5. The molecule has 1 N–H and O–H groups in total. The van der Waals surface area contributed by atoms with Gasteiger partial charge in [0.25, 0.3) is 5.91 Å². The molecule has 24 heavy (non-hydrogen) atoms. The van der Waals surface area contributed by atoms with Crippen LogP contribution in [-0.4, -0.2) is 33.7 Å². The van der Waals surface area contributed by atoms with Crippen LogP contribution in [0, 0.1) is 6.92 Å². The van der Waals surface area contributed by atoms with Gasteiger partial charge < -0.3 is 9.64 Å². The summed E-state index contributed by atoms with van der Waals surface area (Å²) in [5.74, 6) is 0.0278. The molecule has 0 saturated heterocycles. The first-order valence-corrected chi connectivity index (χ1v) is 8.63. The summed E-state index contributed by atoms with van der Waals surface area (Å²) in [5.41, 5.74) is 6.43. The minimum atomic E-state index is -0.0390. The van der Waals surface area contributed by atoms with Crippen molar-refractivity contribution in [3.63, 3.8) is 0 Å². The summed E-state index contributed by atoms with van der Waals surface area (Å²) in [6.45, 7) is 7.56. The fourth-order valence-corrected chi connectivity index (χ4v) is 3.86. The second-order valence-corrected chi connectivity index (χ2v) is 7.01. The molecule has 1 aromatic carbocycles. The highest BCUT2D eigenvalue weighted by Crippen LogP contribution is 2.31. The summed E-state index contributed by atoms with van der Waals surface area (Å²) in [4.78, 5) is 14.9. The van der Waals surface area contributed by atoms with Gasteiger partial charge in [-0.05, 0) is 38.3 Å². The summed E-state index contributed by atoms with van der Waals surface area (Å²) in [6.07, 6.45) is 1.72. The van der Waals surface area contributed by atoms with Crippen molar-refractivity contribution >= 4 is 5.91 Å². The Balaban J connectivity index is 1.60. The third kappa shape index (κ3) is 2.53. The summed E-state index contributed by atoms with van der Waals surface area (Å²) < 4.78 is 5.81. The number of hydrogen-bond donors (Lipinski definition) is 1. The number of H-pyrrole nitrogens is 1. The Kier molecular flexibility index (Phi) is 3.68. The van der Waals surface area contributed by atoms with E-state index in [-0.39, 0.29) is 18.1 Å². The lowest BCUT2D eigenvalue weighted by molar-refractivity contribution is -0.00702. The number of ether oxygens (including phenoxy) is 1. The zero-order valence-electron chi connectivity index (χ0n) is 14.4. The molecule has 3 heterocycles. The molecule has 1 aromatic heterocycles. The van der Waals surface area contributed by atoms with Crippen LogP contribution < -0.4 is 0 Å². The average Bonchev–Trinajstić information content (AvgIpc) is 2.97. The maximum absolute atomic E-state index is 13.0. The number of rotatable bonds is 1. The number of nitrogens with zero attached hydrogens (tertiary/aromatic N) is 2. The fourth-order valence-electron chi connectivity index (χ4n) is 3.86. The van der Waals surface area contributed by atoms with Gasteiger partial charge in [0, 0.05) is 25.1 Å². The quantitative estimate of drug-likeness (QED) is 0.877. The molecule has 0 unspecified atom stereocenters. The standard InChI is InChI=1S/C19H23N3O2/c1-11-4-5-15-10-22(7-6-14(15)8-11)19(23)18-16-9-12(2)24-13(3)17(16)20-21-18/h4-5,8,12-13H,6-7,9-10H2,1-3H3,(H,20,21)/t12-,13+/m1/s1. The molecule has 2 aromatic rings. The van der Waals surface area contributed by atoms with Crippen LogP contribution in [0.1, 0.15) is 58.4 Å². The lowest BCUT2D eigenvalue weighted by Gasteiger charge is -2.30. The van der Waals surface area contributed by atoms with E-state index in [2.05, 4.69) is 35.3 Å². The number of amides is 1. The number of aromatic nitrogens is 2. The topological polar surface area (TPSA) is 58.2 Å². The fraction of sp³-hybridized carbons (Fsp3) is 0.474. The van der Waals surface area contributed by atoms with Gasteiger partial charge in [-0.15, -0.1) is 0 Å². The monoisotopic (exact) mass is 325 g/mol. The summed E-state index contributed by atoms with van der Waals surface area (Å²) in [7, 11) is 0. The van der Waals surface area contributed by atoms with Crippen LogP contribution >= 0.6 is 0 Å². The molecule has 0 saturated carbocycles. The average molecular weight is 325 g/mol. The second kappa shape index (κ2) is 5.74. The van der Waals surface area contributed by atoms with Gasteiger partial charge in [0.05, 0.1) is 17.9 Å². The first kappa shape index (κ1) is 15.4. The number of aryl methyl sites for hydroxylation is 1. The van der Waals surface area contributed by atoms with E-state index in [1.807, 2.05) is 18.7 Å². The summed E-state index contributed by atoms with van der Waals surface area (Å²) in [6, 6.07) is 6.49. The van der Waals surface area contributed by atoms with E-state index in [4.69, 9.17) is 4.74 Å². The Bertz CT molecular complexity index is 796. The van der Waals surface area contributed by atoms with Crippen LogP contribution in [0.2, 0.25) is 0 Å². The Hall–Kier alpha value is -2.14. The summed E-state index contributed by atoms with van der Waals surface area (Å²) >= 11 is 0. The number of carbonyl (C=O) groups is 1. The van der Waals surface area contributed by atoms with Gasteiger partial charge in [-0.3, -0.25) is 9.89 Å². The first-order chi connectivity index (χ1) is 11.5. The predicted molar refractivity (Wildman–Crippen MR) is 90.9 cm³/mol. The molecule has 2 atom stereocenters. The van der Waals surface area contributed by atoms with Crippen molar-refractivity contribution in [3.05, 3.63) is 51.8 Å². The minimum Gasteiger partial charge on any atom is -0.369 e. The lowest BCUT2D eigenvalue weighted by Crippen LogP contribution is -2.37. The van der Waals surface area contributed by atoms with Gasteiger partial charge in [-0.25, -0.2) is 0 Å². The van der Waals surface area contributed by atoms with Crippen LogP contribution in [-0.2, 0) is 24.1 Å². The van der Waals surface area contributed by atoms with Crippen LogP contribution in [0.5, 0.6) is 0 Å².